The van der Waals surface area contributed by atoms with Crippen molar-refractivity contribution in [1.82, 2.24) is 5.43 Å². The Morgan fingerprint density at radius 1 is 0.644 bits per heavy atom. The summed E-state index contributed by atoms with van der Waals surface area (Å²) in [7, 11) is 5.83. The molecule has 0 aliphatic rings. The van der Waals surface area contributed by atoms with Gasteiger partial charge in [-0.2, -0.15) is 5.10 Å². The van der Waals surface area contributed by atoms with Crippen LogP contribution in [0.1, 0.15) is 31.8 Å². The van der Waals surface area contributed by atoms with Gasteiger partial charge in [0.25, 0.3) is 11.8 Å². The fourth-order valence-electron chi connectivity index (χ4n) is 4.10. The second-order valence-electron chi connectivity index (χ2n) is 9.22. The number of hydrogen-bond donors (Lipinski definition) is 2. The number of rotatable bonds is 12. The largest absolute Gasteiger partial charge is 0.493 e. The van der Waals surface area contributed by atoms with Crippen LogP contribution in [0.15, 0.2) is 96.1 Å². The Morgan fingerprint density at radius 3 is 2.02 bits per heavy atom. The maximum Gasteiger partial charge on any atom is 0.336 e. The highest BCUT2D eigenvalue weighted by molar-refractivity contribution is 6.06. The second kappa shape index (κ2) is 15.4. The van der Waals surface area contributed by atoms with E-state index in [9.17, 15) is 14.4 Å². The van der Waals surface area contributed by atoms with Gasteiger partial charge < -0.3 is 29.0 Å². The lowest BCUT2D eigenvalue weighted by Crippen LogP contribution is -2.18. The Labute approximate surface area is 260 Å². The molecule has 0 atom stereocenters. The molecule has 0 fully saturated rings. The maximum atomic E-state index is 13.0. The van der Waals surface area contributed by atoms with Gasteiger partial charge in [0.15, 0.2) is 23.0 Å². The Bertz CT molecular complexity index is 1710. The van der Waals surface area contributed by atoms with Crippen LogP contribution in [0.5, 0.6) is 28.7 Å². The molecule has 0 aliphatic heterocycles. The summed E-state index contributed by atoms with van der Waals surface area (Å²) in [6.07, 6.45) is 4.39. The van der Waals surface area contributed by atoms with E-state index in [0.29, 0.717) is 34.2 Å². The molecule has 0 heterocycles. The van der Waals surface area contributed by atoms with Gasteiger partial charge in [-0.05, 0) is 65.7 Å². The molecule has 11 heteroatoms. The summed E-state index contributed by atoms with van der Waals surface area (Å²) in [5.74, 6) is 0.0507. The highest BCUT2D eigenvalue weighted by Crippen LogP contribution is 2.38. The molecule has 0 aromatic heterocycles. The van der Waals surface area contributed by atoms with E-state index >= 15 is 0 Å². The van der Waals surface area contributed by atoms with Crippen LogP contribution < -0.4 is 34.4 Å². The lowest BCUT2D eigenvalue weighted by molar-refractivity contribution is -0.129. The van der Waals surface area contributed by atoms with Gasteiger partial charge >= 0.3 is 5.97 Å². The van der Waals surface area contributed by atoms with Crippen molar-refractivity contribution in [3.8, 4) is 28.7 Å². The van der Waals surface area contributed by atoms with Gasteiger partial charge in [-0.3, -0.25) is 9.59 Å². The molecule has 0 radical (unpaired) electrons. The van der Waals surface area contributed by atoms with E-state index in [1.54, 1.807) is 42.5 Å². The summed E-state index contributed by atoms with van der Waals surface area (Å²) >= 11 is 0. The lowest BCUT2D eigenvalue weighted by atomic mass is 10.1. The van der Waals surface area contributed by atoms with Crippen LogP contribution in [0.4, 0.5) is 5.69 Å². The predicted molar refractivity (Wildman–Crippen MR) is 170 cm³/mol. The Morgan fingerprint density at radius 2 is 1.36 bits per heavy atom. The summed E-state index contributed by atoms with van der Waals surface area (Å²) < 4.78 is 26.7. The molecule has 0 saturated heterocycles. The minimum Gasteiger partial charge on any atom is -0.493 e. The maximum absolute atomic E-state index is 13.0. The molecule has 2 amide bonds. The van der Waals surface area contributed by atoms with Gasteiger partial charge in [0.2, 0.25) is 5.75 Å². The van der Waals surface area contributed by atoms with Gasteiger partial charge in [0, 0.05) is 22.9 Å². The number of nitrogens with one attached hydrogen (secondary N) is 2. The lowest BCUT2D eigenvalue weighted by Gasteiger charge is -2.14. The number of carbonyl (C=O) groups excluding carboxylic acids is 3. The Balaban J connectivity index is 1.37. The van der Waals surface area contributed by atoms with Gasteiger partial charge in [-0.25, -0.2) is 10.2 Å². The predicted octanol–water partition coefficient (Wildman–Crippen LogP) is 5.36. The van der Waals surface area contributed by atoms with E-state index in [0.717, 1.165) is 5.56 Å². The van der Waals surface area contributed by atoms with Crippen molar-refractivity contribution in [3.63, 3.8) is 0 Å². The summed E-state index contributed by atoms with van der Waals surface area (Å²) in [6.45, 7) is 0. The van der Waals surface area contributed by atoms with E-state index in [1.807, 2.05) is 30.3 Å². The fourth-order valence-corrected chi connectivity index (χ4v) is 4.10. The highest BCUT2D eigenvalue weighted by atomic mass is 16.6. The van der Waals surface area contributed by atoms with Crippen LogP contribution in [0.3, 0.4) is 0 Å². The van der Waals surface area contributed by atoms with Crippen LogP contribution in [-0.4, -0.2) is 52.4 Å². The van der Waals surface area contributed by atoms with Crippen molar-refractivity contribution >= 4 is 35.8 Å². The first-order chi connectivity index (χ1) is 21.8. The fraction of sp³-hybridized carbons (Fsp3) is 0.118. The second-order valence-corrected chi connectivity index (χ2v) is 9.22. The number of nitrogens with zero attached hydrogens (tertiary/aromatic N) is 1. The third-order valence-corrected chi connectivity index (χ3v) is 6.30. The quantitative estimate of drug-likeness (QED) is 0.0722. The third-order valence-electron chi connectivity index (χ3n) is 6.30. The van der Waals surface area contributed by atoms with Crippen LogP contribution in [-0.2, 0) is 4.79 Å². The van der Waals surface area contributed by atoms with Gasteiger partial charge in [-0.15, -0.1) is 0 Å². The molecule has 0 bridgehead atoms. The summed E-state index contributed by atoms with van der Waals surface area (Å²) in [5.41, 5.74) is 4.82. The van der Waals surface area contributed by atoms with Crippen LogP contribution in [0.2, 0.25) is 0 Å². The molecule has 4 rings (SSSR count). The molecule has 0 saturated carbocycles. The first-order valence-corrected chi connectivity index (χ1v) is 13.5. The van der Waals surface area contributed by atoms with E-state index in [-0.39, 0.29) is 16.9 Å². The number of anilines is 1. The smallest absolute Gasteiger partial charge is 0.336 e. The van der Waals surface area contributed by atoms with Crippen molar-refractivity contribution in [2.45, 2.75) is 0 Å². The molecule has 0 aliphatic carbocycles. The van der Waals surface area contributed by atoms with E-state index < -0.39 is 17.8 Å². The molecule has 0 unspecified atom stereocenters. The SMILES string of the molecule is COc1cc(C=NNC(=O)c2cccc(NC(=O)c3cc(OC)c(OC)c(OC)c3)c2)ccc1OC(=O)/C=C/c1ccccc1. The van der Waals surface area contributed by atoms with Crippen molar-refractivity contribution in [2.75, 3.05) is 33.8 Å². The first kappa shape index (κ1) is 31.8. The minimum atomic E-state index is -0.562. The number of methoxy groups -OCH3 is 4. The molecular formula is C34H31N3O8. The molecule has 230 valence electrons. The number of hydrazone groups is 1. The van der Waals surface area contributed by atoms with Crippen LogP contribution in [0.25, 0.3) is 6.08 Å². The molecule has 11 nitrogen and oxygen atoms in total. The van der Waals surface area contributed by atoms with Gasteiger partial charge in [-0.1, -0.05) is 36.4 Å². The third kappa shape index (κ3) is 8.48. The summed E-state index contributed by atoms with van der Waals surface area (Å²) in [6, 6.07) is 23.6. The molecular weight excluding hydrogens is 578 g/mol. The summed E-state index contributed by atoms with van der Waals surface area (Å²) in [5, 5.41) is 6.77. The zero-order valence-corrected chi connectivity index (χ0v) is 25.0. The Kier molecular flexibility index (Phi) is 10.9. The molecule has 45 heavy (non-hydrogen) atoms. The van der Waals surface area contributed by atoms with E-state index in [2.05, 4.69) is 15.8 Å². The number of ether oxygens (including phenoxy) is 5. The number of hydrogen-bond acceptors (Lipinski definition) is 9. The zero-order valence-electron chi connectivity index (χ0n) is 25.0. The summed E-state index contributed by atoms with van der Waals surface area (Å²) in [4.78, 5) is 38.0. The molecule has 4 aromatic rings. The first-order valence-electron chi connectivity index (χ1n) is 13.5. The molecule has 0 spiro atoms. The minimum absolute atomic E-state index is 0.229. The van der Waals surface area contributed by atoms with E-state index in [4.69, 9.17) is 23.7 Å². The average molecular weight is 610 g/mol. The topological polar surface area (TPSA) is 134 Å². The van der Waals surface area contributed by atoms with Crippen molar-refractivity contribution < 1.29 is 38.1 Å². The zero-order chi connectivity index (χ0) is 32.2. The number of amides is 2. The average Bonchev–Trinajstić information content (AvgIpc) is 3.07. The normalized spacial score (nSPS) is 10.8. The van der Waals surface area contributed by atoms with Crippen LogP contribution >= 0.6 is 0 Å². The monoisotopic (exact) mass is 609 g/mol. The van der Waals surface area contributed by atoms with Gasteiger partial charge in [0.05, 0.1) is 34.7 Å². The van der Waals surface area contributed by atoms with Crippen molar-refractivity contribution in [1.29, 1.82) is 0 Å². The molecule has 4 aromatic carbocycles. The number of carbonyl (C=O) groups is 3. The molecule has 2 N–H and O–H groups in total. The van der Waals surface area contributed by atoms with Crippen molar-refractivity contribution in [2.24, 2.45) is 5.10 Å². The standard InChI is InChI=1S/C34H31N3O8/c1-41-28-17-23(13-15-27(28)45-31(38)16-14-22-9-6-5-7-10-22)21-35-37-34(40)24-11-8-12-26(18-24)36-33(39)25-19-29(42-2)32(44-4)30(20-25)43-3/h5-21H,1-4H3,(H,36,39)(H,37,40)/b16-14+,35-21?. The Hall–Kier alpha value is -6.10. The van der Waals surface area contributed by atoms with E-state index in [1.165, 1.54) is 58.9 Å². The highest BCUT2D eigenvalue weighted by Gasteiger charge is 2.17. The van der Waals surface area contributed by atoms with Crippen molar-refractivity contribution in [3.05, 3.63) is 113 Å². The number of esters is 1. The van der Waals surface area contributed by atoms with Crippen LogP contribution in [0, 0.1) is 0 Å². The van der Waals surface area contributed by atoms with Gasteiger partial charge in [0.1, 0.15) is 0 Å². The number of benzene rings is 4.